The van der Waals surface area contributed by atoms with Crippen molar-refractivity contribution in [3.05, 3.63) is 11.8 Å². The van der Waals surface area contributed by atoms with Crippen LogP contribution < -0.4 is 28.3 Å². The SMILES string of the molecule is CN[C@H]1[C@@H](O)[C@H](O[C@H]2[C@@H](O)[C@@H](O[C@@H]3OC(CN)=CC[C@H]3N)[C@H](N)C[C@@H]2N)OC[C@@]1(C)O. The van der Waals surface area contributed by atoms with Gasteiger partial charge in [-0.25, -0.2) is 0 Å². The molecule has 0 bridgehead atoms. The van der Waals surface area contributed by atoms with Crippen molar-refractivity contribution in [2.24, 2.45) is 22.9 Å². The molecular weight excluding hydrogens is 410 g/mol. The molecule has 0 amide bonds. The fourth-order valence-electron chi connectivity index (χ4n) is 4.44. The number of rotatable bonds is 6. The topological polar surface area (TPSA) is 214 Å². The number of ether oxygens (including phenoxy) is 4. The maximum absolute atomic E-state index is 11.0. The summed E-state index contributed by atoms with van der Waals surface area (Å²) in [4.78, 5) is 0. The van der Waals surface area contributed by atoms with Crippen LogP contribution in [0.3, 0.4) is 0 Å². The second-order valence-electron chi connectivity index (χ2n) is 8.81. The molecule has 2 aliphatic heterocycles. The third-order valence-corrected chi connectivity index (χ3v) is 6.22. The quantitative estimate of drug-likeness (QED) is 0.196. The van der Waals surface area contributed by atoms with Gasteiger partial charge in [0.15, 0.2) is 6.29 Å². The van der Waals surface area contributed by atoms with E-state index in [4.69, 9.17) is 41.9 Å². The monoisotopic (exact) mass is 447 g/mol. The zero-order valence-corrected chi connectivity index (χ0v) is 18.0. The van der Waals surface area contributed by atoms with Crippen molar-refractivity contribution < 1.29 is 34.3 Å². The third kappa shape index (κ3) is 5.20. The van der Waals surface area contributed by atoms with E-state index in [1.165, 1.54) is 0 Å². The Balaban J connectivity index is 1.69. The number of aliphatic hydroxyl groups is 3. The molecule has 0 aromatic rings. The molecule has 3 aliphatic rings. The number of hydrogen-bond acceptors (Lipinski definition) is 12. The minimum Gasteiger partial charge on any atom is -0.467 e. The largest absolute Gasteiger partial charge is 0.467 e. The summed E-state index contributed by atoms with van der Waals surface area (Å²) in [5, 5.41) is 34.9. The summed E-state index contributed by atoms with van der Waals surface area (Å²) in [6.45, 7) is 1.68. The second-order valence-corrected chi connectivity index (χ2v) is 8.81. The maximum atomic E-state index is 11.0. The molecule has 1 saturated carbocycles. The summed E-state index contributed by atoms with van der Waals surface area (Å²) in [6.07, 6.45) is -3.56. The molecule has 31 heavy (non-hydrogen) atoms. The first kappa shape index (κ1) is 24.7. The summed E-state index contributed by atoms with van der Waals surface area (Å²) >= 11 is 0. The van der Waals surface area contributed by atoms with Gasteiger partial charge in [-0.15, -0.1) is 0 Å². The minimum atomic E-state index is -1.29. The van der Waals surface area contributed by atoms with Crippen LogP contribution in [0, 0.1) is 0 Å². The van der Waals surface area contributed by atoms with Crippen LogP contribution in [0.25, 0.3) is 0 Å². The lowest BCUT2D eigenvalue weighted by Crippen LogP contribution is -2.68. The summed E-state index contributed by atoms with van der Waals surface area (Å²) < 4.78 is 23.1. The maximum Gasteiger partial charge on any atom is 0.215 e. The van der Waals surface area contributed by atoms with Gasteiger partial charge in [-0.1, -0.05) is 0 Å². The standard InChI is InChI=1S/C19H37N5O7/c1-19(27)7-28-18(13(26)16(19)24-2)31-15-11(23)5-10(22)14(12(15)25)30-17-9(21)4-3-8(6-20)29-17/h3,9-18,24-27H,4-7,20-23H2,1-2H3/t9-,10-,11+,12+,13-,14+,15-,16+,17+,18+,19-/m1/s1. The van der Waals surface area contributed by atoms with Crippen LogP contribution in [0.2, 0.25) is 0 Å². The molecule has 180 valence electrons. The first-order valence-electron chi connectivity index (χ1n) is 10.6. The summed E-state index contributed by atoms with van der Waals surface area (Å²) in [5.74, 6) is 0.555. The Morgan fingerprint density at radius 3 is 2.29 bits per heavy atom. The lowest BCUT2D eigenvalue weighted by atomic mass is 9.84. The van der Waals surface area contributed by atoms with Gasteiger partial charge in [0.05, 0.1) is 25.2 Å². The van der Waals surface area contributed by atoms with Crippen LogP contribution >= 0.6 is 0 Å². The molecule has 0 spiro atoms. The predicted molar refractivity (Wildman–Crippen MR) is 110 cm³/mol. The zero-order valence-electron chi connectivity index (χ0n) is 18.0. The van der Waals surface area contributed by atoms with Gasteiger partial charge in [-0.05, 0) is 32.9 Å². The highest BCUT2D eigenvalue weighted by atomic mass is 16.7. The fourth-order valence-corrected chi connectivity index (χ4v) is 4.44. The van der Waals surface area contributed by atoms with E-state index in [2.05, 4.69) is 5.32 Å². The van der Waals surface area contributed by atoms with Crippen molar-refractivity contribution in [1.29, 1.82) is 0 Å². The van der Waals surface area contributed by atoms with Crippen molar-refractivity contribution in [1.82, 2.24) is 5.32 Å². The second kappa shape index (κ2) is 9.93. The molecule has 2 heterocycles. The molecule has 3 rings (SSSR count). The van der Waals surface area contributed by atoms with Gasteiger partial charge in [0.1, 0.15) is 35.8 Å². The van der Waals surface area contributed by atoms with Gasteiger partial charge < -0.3 is 62.5 Å². The van der Waals surface area contributed by atoms with Crippen molar-refractivity contribution in [2.75, 3.05) is 20.2 Å². The first-order valence-corrected chi connectivity index (χ1v) is 10.6. The average molecular weight is 448 g/mol. The van der Waals surface area contributed by atoms with E-state index in [1.807, 2.05) is 0 Å². The molecule has 2 fully saturated rings. The van der Waals surface area contributed by atoms with Gasteiger partial charge in [-0.2, -0.15) is 0 Å². The van der Waals surface area contributed by atoms with Crippen molar-refractivity contribution in [3.8, 4) is 0 Å². The molecule has 11 atom stereocenters. The zero-order chi connectivity index (χ0) is 22.9. The van der Waals surface area contributed by atoms with E-state index in [0.29, 0.717) is 18.6 Å². The summed E-state index contributed by atoms with van der Waals surface area (Å²) in [6, 6.07) is -2.37. The van der Waals surface area contributed by atoms with Crippen LogP contribution in [0.5, 0.6) is 0 Å². The van der Waals surface area contributed by atoms with Gasteiger partial charge in [0.25, 0.3) is 0 Å². The van der Waals surface area contributed by atoms with Crippen LogP contribution in [0.1, 0.15) is 19.8 Å². The van der Waals surface area contributed by atoms with E-state index >= 15 is 0 Å². The fraction of sp³-hybridized carbons (Fsp3) is 0.895. The van der Waals surface area contributed by atoms with Gasteiger partial charge in [0, 0.05) is 12.1 Å². The Bertz CT molecular complexity index is 639. The Hall–Kier alpha value is -0.900. The molecular formula is C19H37N5O7. The molecule has 0 aromatic heterocycles. The number of aliphatic hydroxyl groups excluding tert-OH is 2. The van der Waals surface area contributed by atoms with Crippen LogP contribution in [0.15, 0.2) is 11.8 Å². The van der Waals surface area contributed by atoms with Crippen LogP contribution in [-0.2, 0) is 18.9 Å². The smallest absolute Gasteiger partial charge is 0.215 e. The molecule has 0 aromatic carbocycles. The average Bonchev–Trinajstić information content (AvgIpc) is 2.71. The molecule has 0 radical (unpaired) electrons. The Morgan fingerprint density at radius 1 is 1.10 bits per heavy atom. The first-order chi connectivity index (χ1) is 14.6. The van der Waals surface area contributed by atoms with E-state index < -0.39 is 66.8 Å². The van der Waals surface area contributed by atoms with Crippen molar-refractivity contribution in [3.63, 3.8) is 0 Å². The molecule has 0 unspecified atom stereocenters. The highest BCUT2D eigenvalue weighted by Gasteiger charge is 2.50. The van der Waals surface area contributed by atoms with Gasteiger partial charge in [-0.3, -0.25) is 0 Å². The minimum absolute atomic E-state index is 0.0727. The molecule has 12 heteroatoms. The Labute approximate surface area is 181 Å². The number of nitrogens with two attached hydrogens (primary N) is 4. The lowest BCUT2D eigenvalue weighted by molar-refractivity contribution is -0.303. The van der Waals surface area contributed by atoms with Gasteiger partial charge >= 0.3 is 0 Å². The van der Waals surface area contributed by atoms with Crippen LogP contribution in [0.4, 0.5) is 0 Å². The third-order valence-electron chi connectivity index (χ3n) is 6.22. The Morgan fingerprint density at radius 2 is 1.71 bits per heavy atom. The highest BCUT2D eigenvalue weighted by molar-refractivity contribution is 5.04. The Kier molecular flexibility index (Phi) is 7.92. The van der Waals surface area contributed by atoms with Crippen molar-refractivity contribution in [2.45, 2.75) is 86.5 Å². The molecule has 1 aliphatic carbocycles. The van der Waals surface area contributed by atoms with E-state index in [-0.39, 0.29) is 13.2 Å². The summed E-state index contributed by atoms with van der Waals surface area (Å²) in [7, 11) is 1.62. The highest BCUT2D eigenvalue weighted by Crippen LogP contribution is 2.31. The number of nitrogens with one attached hydrogen (secondary N) is 1. The normalized spacial score (nSPS) is 48.7. The lowest BCUT2D eigenvalue weighted by Gasteiger charge is -2.48. The molecule has 12 N–H and O–H groups in total. The van der Waals surface area contributed by atoms with Crippen molar-refractivity contribution >= 4 is 0 Å². The molecule has 12 nitrogen and oxygen atoms in total. The van der Waals surface area contributed by atoms with E-state index in [9.17, 15) is 15.3 Å². The van der Waals surface area contributed by atoms with E-state index in [0.717, 1.165) is 0 Å². The van der Waals surface area contributed by atoms with E-state index in [1.54, 1.807) is 20.0 Å². The number of hydrogen-bond donors (Lipinski definition) is 8. The predicted octanol–water partition coefficient (Wildman–Crippen LogP) is -3.85. The van der Waals surface area contributed by atoms with Crippen LogP contribution in [-0.4, -0.2) is 102 Å². The number of likely N-dealkylation sites (N-methyl/N-ethyl adjacent to an activating group) is 1. The summed E-state index contributed by atoms with van der Waals surface area (Å²) in [5.41, 5.74) is 22.9. The van der Waals surface area contributed by atoms with Gasteiger partial charge in [0.2, 0.25) is 6.29 Å². The molecule has 1 saturated heterocycles.